The lowest BCUT2D eigenvalue weighted by molar-refractivity contribution is -0.384. The fourth-order valence-corrected chi connectivity index (χ4v) is 3.50. The molecule has 2 fully saturated rings. The number of amides is 1. The summed E-state index contributed by atoms with van der Waals surface area (Å²) in [5.41, 5.74) is 0.485. The van der Waals surface area contributed by atoms with Crippen LogP contribution in [0.1, 0.15) is 10.4 Å². The molecule has 0 aliphatic carbocycles. The number of nitro benzene ring substituents is 1. The zero-order valence-electron chi connectivity index (χ0n) is 14.8. The van der Waals surface area contributed by atoms with E-state index >= 15 is 0 Å². The number of hydrogen-bond acceptors (Lipinski definition) is 7. The number of nitro groups is 1. The van der Waals surface area contributed by atoms with Crippen LogP contribution in [-0.4, -0.2) is 75.9 Å². The normalized spacial score (nSPS) is 18.2. The van der Waals surface area contributed by atoms with E-state index in [1.807, 2.05) is 6.07 Å². The second-order valence-corrected chi connectivity index (χ2v) is 6.74. The Hall–Kier alpha value is -3.07. The van der Waals surface area contributed by atoms with Gasteiger partial charge in [-0.05, 0) is 18.2 Å². The van der Waals surface area contributed by atoms with Crippen LogP contribution in [0.3, 0.4) is 0 Å². The summed E-state index contributed by atoms with van der Waals surface area (Å²) in [5, 5.41) is 10.7. The lowest BCUT2D eigenvalue weighted by Gasteiger charge is -2.48. The number of anilines is 1. The van der Waals surface area contributed by atoms with Crippen molar-refractivity contribution >= 4 is 17.5 Å². The maximum Gasteiger partial charge on any atom is 0.269 e. The molecule has 2 aliphatic rings. The summed E-state index contributed by atoms with van der Waals surface area (Å²) in [6, 6.07) is 7.96. The van der Waals surface area contributed by atoms with Gasteiger partial charge in [-0.15, -0.1) is 0 Å². The van der Waals surface area contributed by atoms with Crippen LogP contribution in [0.15, 0.2) is 42.7 Å². The van der Waals surface area contributed by atoms with Gasteiger partial charge in [-0.2, -0.15) is 0 Å². The van der Waals surface area contributed by atoms with Gasteiger partial charge in [0.1, 0.15) is 0 Å². The second kappa shape index (κ2) is 7.28. The van der Waals surface area contributed by atoms with Crippen LogP contribution < -0.4 is 4.90 Å². The van der Waals surface area contributed by atoms with E-state index in [1.54, 1.807) is 17.3 Å². The Morgan fingerprint density at radius 2 is 1.67 bits per heavy atom. The minimum absolute atomic E-state index is 0.00620. The van der Waals surface area contributed by atoms with E-state index in [9.17, 15) is 14.9 Å². The third-order valence-electron chi connectivity index (χ3n) is 5.14. The number of piperazine rings is 1. The molecule has 0 saturated carbocycles. The van der Waals surface area contributed by atoms with E-state index in [0.29, 0.717) is 24.7 Å². The zero-order valence-corrected chi connectivity index (χ0v) is 14.8. The SMILES string of the molecule is O=C(c1ccc([N+](=O)[O-])cc1)N1CC(N2CCN(c3ncccn3)CC2)C1. The Kier molecular flexibility index (Phi) is 4.68. The summed E-state index contributed by atoms with van der Waals surface area (Å²) < 4.78 is 0. The van der Waals surface area contributed by atoms with Crippen molar-refractivity contribution in [3.63, 3.8) is 0 Å². The molecule has 2 aromatic rings. The van der Waals surface area contributed by atoms with Crippen molar-refractivity contribution < 1.29 is 9.72 Å². The largest absolute Gasteiger partial charge is 0.338 e. The number of aromatic nitrogens is 2. The predicted octanol–water partition coefficient (Wildman–Crippen LogP) is 1.03. The Balaban J connectivity index is 1.27. The molecule has 4 rings (SSSR count). The smallest absolute Gasteiger partial charge is 0.269 e. The maximum atomic E-state index is 12.5. The molecular formula is C18H20N6O3. The first-order valence-corrected chi connectivity index (χ1v) is 8.91. The first kappa shape index (κ1) is 17.3. The van der Waals surface area contributed by atoms with Gasteiger partial charge in [0.2, 0.25) is 5.95 Å². The molecule has 3 heterocycles. The van der Waals surface area contributed by atoms with Crippen molar-refractivity contribution in [1.29, 1.82) is 0 Å². The highest BCUT2D eigenvalue weighted by molar-refractivity contribution is 5.95. The second-order valence-electron chi connectivity index (χ2n) is 6.74. The Labute approximate surface area is 156 Å². The molecule has 1 amide bonds. The monoisotopic (exact) mass is 368 g/mol. The molecule has 27 heavy (non-hydrogen) atoms. The van der Waals surface area contributed by atoms with E-state index in [4.69, 9.17) is 0 Å². The molecule has 0 radical (unpaired) electrons. The van der Waals surface area contributed by atoms with E-state index < -0.39 is 4.92 Å². The molecule has 0 unspecified atom stereocenters. The fourth-order valence-electron chi connectivity index (χ4n) is 3.50. The zero-order chi connectivity index (χ0) is 18.8. The number of non-ortho nitro benzene ring substituents is 1. The summed E-state index contributed by atoms with van der Waals surface area (Å²) in [5.74, 6) is 0.693. The minimum atomic E-state index is -0.464. The van der Waals surface area contributed by atoms with E-state index in [1.165, 1.54) is 24.3 Å². The first-order valence-electron chi connectivity index (χ1n) is 8.91. The van der Waals surface area contributed by atoms with Gasteiger partial charge in [0, 0.05) is 75.4 Å². The maximum absolute atomic E-state index is 12.5. The standard InChI is InChI=1S/C18H20N6O3/c25-17(14-2-4-15(5-3-14)24(26)27)23-12-16(13-23)21-8-10-22(11-9-21)18-19-6-1-7-20-18/h1-7,16H,8-13H2. The summed E-state index contributed by atoms with van der Waals surface area (Å²) in [4.78, 5) is 37.7. The van der Waals surface area contributed by atoms with Crippen molar-refractivity contribution in [2.45, 2.75) is 6.04 Å². The predicted molar refractivity (Wildman–Crippen MR) is 98.6 cm³/mol. The first-order chi connectivity index (χ1) is 13.1. The van der Waals surface area contributed by atoms with Crippen molar-refractivity contribution in [3.8, 4) is 0 Å². The van der Waals surface area contributed by atoms with Crippen LogP contribution >= 0.6 is 0 Å². The molecule has 9 heteroatoms. The fraction of sp³-hybridized carbons (Fsp3) is 0.389. The van der Waals surface area contributed by atoms with Crippen LogP contribution in [0.5, 0.6) is 0 Å². The molecule has 1 aromatic carbocycles. The molecule has 2 aliphatic heterocycles. The van der Waals surface area contributed by atoms with Gasteiger partial charge >= 0.3 is 0 Å². The average Bonchev–Trinajstić information content (AvgIpc) is 2.68. The lowest BCUT2D eigenvalue weighted by Crippen LogP contribution is -2.64. The number of nitrogens with zero attached hydrogens (tertiary/aromatic N) is 6. The number of benzene rings is 1. The summed E-state index contributed by atoms with van der Waals surface area (Å²) >= 11 is 0. The number of carbonyl (C=O) groups is 1. The van der Waals surface area contributed by atoms with E-state index in [0.717, 1.165) is 32.1 Å². The molecule has 0 bridgehead atoms. The quantitative estimate of drug-likeness (QED) is 0.587. The Morgan fingerprint density at radius 1 is 1.04 bits per heavy atom. The lowest BCUT2D eigenvalue weighted by atomic mass is 10.0. The number of likely N-dealkylation sites (tertiary alicyclic amines) is 1. The third kappa shape index (κ3) is 3.59. The average molecular weight is 368 g/mol. The number of hydrogen-bond donors (Lipinski definition) is 0. The van der Waals surface area contributed by atoms with Crippen molar-refractivity contribution in [2.24, 2.45) is 0 Å². The highest BCUT2D eigenvalue weighted by Gasteiger charge is 2.36. The summed E-state index contributed by atoms with van der Waals surface area (Å²) in [6.45, 7) is 4.97. The number of rotatable bonds is 4. The Bertz CT molecular complexity index is 815. The molecule has 0 spiro atoms. The van der Waals surface area contributed by atoms with Gasteiger partial charge < -0.3 is 9.80 Å². The van der Waals surface area contributed by atoms with Gasteiger partial charge in [0.05, 0.1) is 4.92 Å². The third-order valence-corrected chi connectivity index (χ3v) is 5.14. The van der Waals surface area contributed by atoms with Crippen LogP contribution in [0.2, 0.25) is 0 Å². The number of carbonyl (C=O) groups excluding carboxylic acids is 1. The minimum Gasteiger partial charge on any atom is -0.338 e. The topological polar surface area (TPSA) is 95.7 Å². The molecule has 2 saturated heterocycles. The molecule has 9 nitrogen and oxygen atoms in total. The van der Waals surface area contributed by atoms with Crippen molar-refractivity contribution in [1.82, 2.24) is 19.8 Å². The van der Waals surface area contributed by atoms with Crippen LogP contribution in [0.4, 0.5) is 11.6 Å². The summed E-state index contributed by atoms with van der Waals surface area (Å²) in [7, 11) is 0. The highest BCUT2D eigenvalue weighted by Crippen LogP contribution is 2.21. The van der Waals surface area contributed by atoms with Gasteiger partial charge in [0.15, 0.2) is 0 Å². The van der Waals surface area contributed by atoms with Crippen LogP contribution in [0.25, 0.3) is 0 Å². The molecule has 140 valence electrons. The van der Waals surface area contributed by atoms with Gasteiger partial charge in [-0.25, -0.2) is 9.97 Å². The Morgan fingerprint density at radius 3 is 2.26 bits per heavy atom. The summed E-state index contributed by atoms with van der Waals surface area (Å²) in [6.07, 6.45) is 3.50. The van der Waals surface area contributed by atoms with Crippen molar-refractivity contribution in [2.75, 3.05) is 44.2 Å². The van der Waals surface area contributed by atoms with E-state index in [-0.39, 0.29) is 11.6 Å². The van der Waals surface area contributed by atoms with E-state index in [2.05, 4.69) is 19.8 Å². The van der Waals surface area contributed by atoms with Crippen LogP contribution in [-0.2, 0) is 0 Å². The molecule has 0 N–H and O–H groups in total. The van der Waals surface area contributed by atoms with Gasteiger partial charge in [-0.1, -0.05) is 0 Å². The van der Waals surface area contributed by atoms with Crippen molar-refractivity contribution in [3.05, 3.63) is 58.4 Å². The highest BCUT2D eigenvalue weighted by atomic mass is 16.6. The molecule has 1 aromatic heterocycles. The molecule has 0 atom stereocenters. The van der Waals surface area contributed by atoms with Gasteiger partial charge in [0.25, 0.3) is 11.6 Å². The van der Waals surface area contributed by atoms with Crippen LogP contribution in [0, 0.1) is 10.1 Å². The van der Waals surface area contributed by atoms with Gasteiger partial charge in [-0.3, -0.25) is 19.8 Å². The molecular weight excluding hydrogens is 348 g/mol.